The van der Waals surface area contributed by atoms with Gasteiger partial charge < -0.3 is 15.0 Å². The maximum Gasteiger partial charge on any atom is 0.225 e. The third-order valence-electron chi connectivity index (χ3n) is 4.63. The van der Waals surface area contributed by atoms with E-state index in [1.807, 2.05) is 11.0 Å². The number of carbonyl (C=O) groups is 1. The fourth-order valence-electron chi connectivity index (χ4n) is 3.09. The molecule has 0 bridgehead atoms. The molecule has 2 rings (SSSR count). The summed E-state index contributed by atoms with van der Waals surface area (Å²) >= 11 is 0. The molecule has 1 aliphatic heterocycles. The van der Waals surface area contributed by atoms with Crippen molar-refractivity contribution in [1.29, 1.82) is 0 Å². The van der Waals surface area contributed by atoms with E-state index in [2.05, 4.69) is 38.2 Å². The average molecular weight is 318 g/mol. The van der Waals surface area contributed by atoms with Gasteiger partial charge in [0.2, 0.25) is 5.91 Å². The minimum Gasteiger partial charge on any atom is -0.496 e. The van der Waals surface area contributed by atoms with Crippen LogP contribution in [0, 0.1) is 5.92 Å². The smallest absolute Gasteiger partial charge is 0.225 e. The van der Waals surface area contributed by atoms with Gasteiger partial charge in [0, 0.05) is 32.1 Å². The number of rotatable bonds is 6. The van der Waals surface area contributed by atoms with Crippen molar-refractivity contribution in [3.05, 3.63) is 29.3 Å². The van der Waals surface area contributed by atoms with Gasteiger partial charge in [0.25, 0.3) is 0 Å². The maximum absolute atomic E-state index is 12.5. The summed E-state index contributed by atoms with van der Waals surface area (Å²) in [7, 11) is 1.72. The van der Waals surface area contributed by atoms with Crippen molar-refractivity contribution in [2.45, 2.75) is 39.5 Å². The first-order valence-corrected chi connectivity index (χ1v) is 8.69. The number of nitrogens with one attached hydrogen (secondary N) is 1. The molecule has 1 saturated heterocycles. The quantitative estimate of drug-likeness (QED) is 0.877. The molecule has 0 saturated carbocycles. The van der Waals surface area contributed by atoms with Crippen molar-refractivity contribution in [3.63, 3.8) is 0 Å². The Labute approximate surface area is 140 Å². The largest absolute Gasteiger partial charge is 0.496 e. The summed E-state index contributed by atoms with van der Waals surface area (Å²) in [6.07, 6.45) is 1.83. The molecule has 1 aromatic rings. The van der Waals surface area contributed by atoms with Crippen molar-refractivity contribution in [1.82, 2.24) is 10.2 Å². The number of hydrogen-bond acceptors (Lipinski definition) is 3. The molecule has 1 N–H and O–H groups in total. The third-order valence-corrected chi connectivity index (χ3v) is 4.63. The Kier molecular flexibility index (Phi) is 6.46. The van der Waals surface area contributed by atoms with Crippen molar-refractivity contribution in [2.24, 2.45) is 5.92 Å². The first kappa shape index (κ1) is 17.8. The van der Waals surface area contributed by atoms with E-state index in [0.29, 0.717) is 11.8 Å². The monoisotopic (exact) mass is 318 g/mol. The number of hydrogen-bond donors (Lipinski definition) is 1. The van der Waals surface area contributed by atoms with E-state index in [-0.39, 0.29) is 5.92 Å². The first-order chi connectivity index (χ1) is 11.0. The molecule has 1 amide bonds. The molecule has 23 heavy (non-hydrogen) atoms. The standard InChI is InChI=1S/C19H30N2O2/c1-14(2)17-13-16(7-8-18(17)23-4)6-5-15(3)19(22)21-11-9-20-10-12-21/h7-8,13-15,20H,5-6,9-12H2,1-4H3. The van der Waals surface area contributed by atoms with Crippen LogP contribution in [0.1, 0.15) is 44.2 Å². The van der Waals surface area contributed by atoms with Gasteiger partial charge in [-0.3, -0.25) is 4.79 Å². The second-order valence-corrected chi connectivity index (χ2v) is 6.75. The van der Waals surface area contributed by atoms with Crippen LogP contribution < -0.4 is 10.1 Å². The summed E-state index contributed by atoms with van der Waals surface area (Å²) in [5, 5.41) is 3.29. The molecule has 1 fully saturated rings. The highest BCUT2D eigenvalue weighted by Crippen LogP contribution is 2.28. The second-order valence-electron chi connectivity index (χ2n) is 6.75. The van der Waals surface area contributed by atoms with E-state index in [9.17, 15) is 4.79 Å². The lowest BCUT2D eigenvalue weighted by molar-refractivity contribution is -0.135. The van der Waals surface area contributed by atoms with Gasteiger partial charge in [-0.15, -0.1) is 0 Å². The second kappa shape index (κ2) is 8.34. The van der Waals surface area contributed by atoms with Crippen LogP contribution in [-0.4, -0.2) is 44.1 Å². The van der Waals surface area contributed by atoms with Gasteiger partial charge in [-0.1, -0.05) is 32.9 Å². The van der Waals surface area contributed by atoms with Crippen molar-refractivity contribution >= 4 is 5.91 Å². The lowest BCUT2D eigenvalue weighted by Gasteiger charge is -2.29. The summed E-state index contributed by atoms with van der Waals surface area (Å²) in [6, 6.07) is 6.39. The lowest BCUT2D eigenvalue weighted by Crippen LogP contribution is -2.48. The molecule has 0 aliphatic carbocycles. The molecule has 4 nitrogen and oxygen atoms in total. The number of methoxy groups -OCH3 is 1. The van der Waals surface area contributed by atoms with Gasteiger partial charge in [-0.05, 0) is 36.0 Å². The highest BCUT2D eigenvalue weighted by Gasteiger charge is 2.21. The molecule has 1 atom stereocenters. The Balaban J connectivity index is 1.94. The molecular formula is C19H30N2O2. The van der Waals surface area contributed by atoms with E-state index in [4.69, 9.17) is 4.74 Å². The SMILES string of the molecule is COc1ccc(CCC(C)C(=O)N2CCNCC2)cc1C(C)C. The summed E-state index contributed by atoms with van der Waals surface area (Å²) < 4.78 is 5.44. The Morgan fingerprint density at radius 2 is 1.96 bits per heavy atom. The van der Waals surface area contributed by atoms with Gasteiger partial charge in [-0.25, -0.2) is 0 Å². The Morgan fingerprint density at radius 3 is 2.57 bits per heavy atom. The van der Waals surface area contributed by atoms with E-state index in [1.165, 1.54) is 11.1 Å². The molecule has 1 aliphatic rings. The average Bonchev–Trinajstić information content (AvgIpc) is 2.59. The molecule has 0 spiro atoms. The highest BCUT2D eigenvalue weighted by atomic mass is 16.5. The molecule has 1 unspecified atom stereocenters. The minimum atomic E-state index is 0.0812. The Hall–Kier alpha value is -1.55. The Bertz CT molecular complexity index is 522. The van der Waals surface area contributed by atoms with E-state index in [1.54, 1.807) is 7.11 Å². The van der Waals surface area contributed by atoms with Crippen molar-refractivity contribution < 1.29 is 9.53 Å². The van der Waals surface area contributed by atoms with E-state index in [0.717, 1.165) is 44.8 Å². The highest BCUT2D eigenvalue weighted by molar-refractivity contribution is 5.78. The number of carbonyl (C=O) groups excluding carboxylic acids is 1. The first-order valence-electron chi connectivity index (χ1n) is 8.69. The van der Waals surface area contributed by atoms with Crippen LogP contribution in [0.15, 0.2) is 18.2 Å². The van der Waals surface area contributed by atoms with Crippen LogP contribution in [-0.2, 0) is 11.2 Å². The molecule has 0 aromatic heterocycles. The predicted molar refractivity (Wildman–Crippen MR) is 94.0 cm³/mol. The number of aryl methyl sites for hydroxylation is 1. The number of amides is 1. The topological polar surface area (TPSA) is 41.6 Å². The maximum atomic E-state index is 12.5. The third kappa shape index (κ3) is 4.71. The molecule has 1 aromatic carbocycles. The van der Waals surface area contributed by atoms with Gasteiger partial charge >= 0.3 is 0 Å². The zero-order chi connectivity index (χ0) is 16.8. The van der Waals surface area contributed by atoms with Gasteiger partial charge in [-0.2, -0.15) is 0 Å². The number of nitrogens with zero attached hydrogens (tertiary/aromatic N) is 1. The van der Waals surface area contributed by atoms with Crippen molar-refractivity contribution in [3.8, 4) is 5.75 Å². The zero-order valence-corrected chi connectivity index (χ0v) is 14.9. The van der Waals surface area contributed by atoms with Crippen molar-refractivity contribution in [2.75, 3.05) is 33.3 Å². The summed E-state index contributed by atoms with van der Waals surface area (Å²) in [5.41, 5.74) is 2.53. The zero-order valence-electron chi connectivity index (χ0n) is 14.9. The normalized spacial score (nSPS) is 16.5. The van der Waals surface area contributed by atoms with E-state index >= 15 is 0 Å². The van der Waals surface area contributed by atoms with Crippen LogP contribution in [0.25, 0.3) is 0 Å². The summed E-state index contributed by atoms with van der Waals surface area (Å²) in [5.74, 6) is 1.76. The molecule has 4 heteroatoms. The predicted octanol–water partition coefficient (Wildman–Crippen LogP) is 2.82. The number of ether oxygens (including phenoxy) is 1. The van der Waals surface area contributed by atoms with Gasteiger partial charge in [0.1, 0.15) is 5.75 Å². The van der Waals surface area contributed by atoms with Gasteiger partial charge in [0.05, 0.1) is 7.11 Å². The van der Waals surface area contributed by atoms with Crippen LogP contribution >= 0.6 is 0 Å². The molecule has 0 radical (unpaired) electrons. The molecular weight excluding hydrogens is 288 g/mol. The summed E-state index contributed by atoms with van der Waals surface area (Å²) in [6.45, 7) is 9.91. The van der Waals surface area contributed by atoms with Crippen LogP contribution in [0.3, 0.4) is 0 Å². The molecule has 1 heterocycles. The summed E-state index contributed by atoms with van der Waals surface area (Å²) in [4.78, 5) is 14.5. The van der Waals surface area contributed by atoms with Crippen LogP contribution in [0.5, 0.6) is 5.75 Å². The van der Waals surface area contributed by atoms with E-state index < -0.39 is 0 Å². The van der Waals surface area contributed by atoms with Crippen LogP contribution in [0.4, 0.5) is 0 Å². The fourth-order valence-corrected chi connectivity index (χ4v) is 3.09. The fraction of sp³-hybridized carbons (Fsp3) is 0.632. The molecule has 128 valence electrons. The minimum absolute atomic E-state index is 0.0812. The lowest BCUT2D eigenvalue weighted by atomic mass is 9.95. The Morgan fingerprint density at radius 1 is 1.26 bits per heavy atom. The van der Waals surface area contributed by atoms with Crippen LogP contribution in [0.2, 0.25) is 0 Å². The van der Waals surface area contributed by atoms with Gasteiger partial charge in [0.15, 0.2) is 0 Å². The number of piperazine rings is 1. The number of benzene rings is 1.